The van der Waals surface area contributed by atoms with Crippen LogP contribution in [0.15, 0.2) is 48.5 Å². The third-order valence-electron chi connectivity index (χ3n) is 3.85. The van der Waals surface area contributed by atoms with E-state index in [-0.39, 0.29) is 25.4 Å². The minimum Gasteiger partial charge on any atom is -0.493 e. The molecule has 0 aliphatic carbocycles. The molecule has 0 aliphatic heterocycles. The summed E-state index contributed by atoms with van der Waals surface area (Å²) in [5, 5.41) is 8.57. The van der Waals surface area contributed by atoms with Crippen molar-refractivity contribution < 1.29 is 28.2 Å². The van der Waals surface area contributed by atoms with Gasteiger partial charge in [0.1, 0.15) is 11.9 Å². The molecule has 0 unspecified atom stereocenters. The van der Waals surface area contributed by atoms with Crippen molar-refractivity contribution in [2.24, 2.45) is 0 Å². The number of nitrogens with zero attached hydrogens (tertiary/aromatic N) is 1. The van der Waals surface area contributed by atoms with E-state index in [1.807, 2.05) is 6.07 Å². The molecule has 2 aromatic carbocycles. The number of esters is 1. The molecule has 0 saturated carbocycles. The van der Waals surface area contributed by atoms with Gasteiger partial charge in [-0.05, 0) is 54.5 Å². The van der Waals surface area contributed by atoms with Crippen molar-refractivity contribution in [2.45, 2.75) is 12.8 Å². The quantitative estimate of drug-likeness (QED) is 0.261. The molecule has 0 fully saturated rings. The van der Waals surface area contributed by atoms with Gasteiger partial charge in [0.25, 0.3) is 0 Å². The van der Waals surface area contributed by atoms with Gasteiger partial charge >= 0.3 is 5.97 Å². The van der Waals surface area contributed by atoms with E-state index in [2.05, 4.69) is 0 Å². The molecule has 0 aliphatic rings. The normalized spacial score (nSPS) is 10.4. The lowest BCUT2D eigenvalue weighted by Crippen LogP contribution is -2.05. The number of Topliss-reactive ketones (excluding diaryl/α,β-unsaturated/α-hetero) is 1. The van der Waals surface area contributed by atoms with E-state index in [1.54, 1.807) is 24.3 Å². The maximum atomic E-state index is 12.9. The fourth-order valence-corrected chi connectivity index (χ4v) is 2.42. The minimum absolute atomic E-state index is 0.0957. The fourth-order valence-electron chi connectivity index (χ4n) is 2.42. The predicted octanol–water partition coefficient (Wildman–Crippen LogP) is 3.96. The number of ketones is 1. The Hall–Kier alpha value is -3.66. The Morgan fingerprint density at radius 2 is 1.90 bits per heavy atom. The topological polar surface area (TPSA) is 85.6 Å². The summed E-state index contributed by atoms with van der Waals surface area (Å²) < 4.78 is 28.4. The van der Waals surface area contributed by atoms with Crippen LogP contribution in [0.4, 0.5) is 4.39 Å². The molecule has 0 aromatic heterocycles. The maximum Gasteiger partial charge on any atom is 0.330 e. The second-order valence-electron chi connectivity index (χ2n) is 5.89. The highest BCUT2D eigenvalue weighted by molar-refractivity contribution is 5.96. The monoisotopic (exact) mass is 397 g/mol. The zero-order valence-corrected chi connectivity index (χ0v) is 15.9. The molecule has 0 heterocycles. The molecule has 2 rings (SSSR count). The van der Waals surface area contributed by atoms with Gasteiger partial charge in [-0.25, -0.2) is 9.18 Å². The Labute approximate surface area is 168 Å². The van der Waals surface area contributed by atoms with E-state index in [1.165, 1.54) is 37.5 Å². The number of halogens is 1. The van der Waals surface area contributed by atoms with Crippen LogP contribution in [0.25, 0.3) is 6.08 Å². The number of hydrogen-bond acceptors (Lipinski definition) is 6. The Morgan fingerprint density at radius 3 is 2.59 bits per heavy atom. The number of methoxy groups -OCH3 is 1. The molecule has 0 bridgehead atoms. The second kappa shape index (κ2) is 11.2. The van der Waals surface area contributed by atoms with Gasteiger partial charge in [-0.3, -0.25) is 4.79 Å². The second-order valence-corrected chi connectivity index (χ2v) is 5.89. The Balaban J connectivity index is 1.78. The summed E-state index contributed by atoms with van der Waals surface area (Å²) in [5.41, 5.74) is 1.11. The van der Waals surface area contributed by atoms with Crippen LogP contribution in [-0.2, 0) is 9.53 Å². The first kappa shape index (κ1) is 21.6. The van der Waals surface area contributed by atoms with Crippen LogP contribution in [0.2, 0.25) is 0 Å². The summed E-state index contributed by atoms with van der Waals surface area (Å²) in [6, 6.07) is 12.2. The van der Waals surface area contributed by atoms with Gasteiger partial charge < -0.3 is 14.2 Å². The Kier molecular flexibility index (Phi) is 8.39. The molecular weight excluding hydrogens is 377 g/mol. The molecule has 0 saturated heterocycles. The molecule has 6 nitrogen and oxygen atoms in total. The van der Waals surface area contributed by atoms with Crippen molar-refractivity contribution in [1.82, 2.24) is 0 Å². The lowest BCUT2D eigenvalue weighted by Gasteiger charge is -2.08. The smallest absolute Gasteiger partial charge is 0.330 e. The average Bonchev–Trinajstić information content (AvgIpc) is 2.74. The molecule has 2 aromatic rings. The van der Waals surface area contributed by atoms with Crippen LogP contribution < -0.4 is 9.47 Å². The summed E-state index contributed by atoms with van der Waals surface area (Å²) >= 11 is 0. The predicted molar refractivity (Wildman–Crippen MR) is 104 cm³/mol. The SMILES string of the molecule is COc1cc(/C=C/C(=O)OCCCC(=O)c2ccc(F)cc2)ccc1OCC#N. The van der Waals surface area contributed by atoms with Gasteiger partial charge in [-0.15, -0.1) is 0 Å². The largest absolute Gasteiger partial charge is 0.493 e. The first-order valence-corrected chi connectivity index (χ1v) is 8.85. The average molecular weight is 397 g/mol. The maximum absolute atomic E-state index is 12.9. The van der Waals surface area contributed by atoms with Crippen LogP contribution in [-0.4, -0.2) is 32.1 Å². The van der Waals surface area contributed by atoms with E-state index in [4.69, 9.17) is 19.5 Å². The fraction of sp³-hybridized carbons (Fsp3) is 0.227. The lowest BCUT2D eigenvalue weighted by molar-refractivity contribution is -0.137. The van der Waals surface area contributed by atoms with Gasteiger partial charge in [0.15, 0.2) is 23.9 Å². The van der Waals surface area contributed by atoms with Gasteiger partial charge in [-0.1, -0.05) is 6.07 Å². The van der Waals surface area contributed by atoms with Crippen molar-refractivity contribution in [3.8, 4) is 17.6 Å². The zero-order chi connectivity index (χ0) is 21.1. The van der Waals surface area contributed by atoms with Crippen molar-refractivity contribution in [3.63, 3.8) is 0 Å². The summed E-state index contributed by atoms with van der Waals surface area (Å²) in [6.45, 7) is 0.00189. The molecule has 0 N–H and O–H groups in total. The minimum atomic E-state index is -0.539. The highest BCUT2D eigenvalue weighted by Crippen LogP contribution is 2.28. The van der Waals surface area contributed by atoms with E-state index < -0.39 is 11.8 Å². The number of carbonyl (C=O) groups excluding carboxylic acids is 2. The molecule has 29 heavy (non-hydrogen) atoms. The Morgan fingerprint density at radius 1 is 1.14 bits per heavy atom. The molecule has 7 heteroatoms. The van der Waals surface area contributed by atoms with E-state index in [9.17, 15) is 14.0 Å². The van der Waals surface area contributed by atoms with Crippen molar-refractivity contribution in [2.75, 3.05) is 20.3 Å². The number of carbonyl (C=O) groups is 2. The van der Waals surface area contributed by atoms with Crippen molar-refractivity contribution >= 4 is 17.8 Å². The third kappa shape index (κ3) is 7.11. The number of hydrogen-bond donors (Lipinski definition) is 0. The molecule has 0 spiro atoms. The van der Waals surface area contributed by atoms with E-state index >= 15 is 0 Å². The van der Waals surface area contributed by atoms with Crippen molar-refractivity contribution in [3.05, 3.63) is 65.5 Å². The summed E-state index contributed by atoms with van der Waals surface area (Å²) in [5.74, 6) is -0.204. The molecule has 150 valence electrons. The number of nitriles is 1. The van der Waals surface area contributed by atoms with Gasteiger partial charge in [0, 0.05) is 18.1 Å². The Bertz CT molecular complexity index is 916. The van der Waals surface area contributed by atoms with Crippen LogP contribution >= 0.6 is 0 Å². The lowest BCUT2D eigenvalue weighted by atomic mass is 10.1. The van der Waals surface area contributed by atoms with Crippen LogP contribution in [0, 0.1) is 17.1 Å². The number of ether oxygens (including phenoxy) is 3. The number of rotatable bonds is 10. The van der Waals surface area contributed by atoms with Crippen LogP contribution in [0.5, 0.6) is 11.5 Å². The van der Waals surface area contributed by atoms with E-state index in [0.29, 0.717) is 29.0 Å². The summed E-state index contributed by atoms with van der Waals surface area (Å²) in [6.07, 6.45) is 3.40. The molecule has 0 atom stereocenters. The highest BCUT2D eigenvalue weighted by atomic mass is 19.1. The van der Waals surface area contributed by atoms with Crippen molar-refractivity contribution in [1.29, 1.82) is 5.26 Å². The third-order valence-corrected chi connectivity index (χ3v) is 3.85. The summed E-state index contributed by atoms with van der Waals surface area (Å²) in [7, 11) is 1.48. The first-order valence-electron chi connectivity index (χ1n) is 8.85. The molecular formula is C22H20FNO5. The van der Waals surface area contributed by atoms with E-state index in [0.717, 1.165) is 0 Å². The first-order chi connectivity index (χ1) is 14.0. The standard InChI is InChI=1S/C22H20FNO5/c1-27-21-15-16(4-10-20(21)28-14-12-24)5-11-22(26)29-13-2-3-19(25)17-6-8-18(23)9-7-17/h4-11,15H,2-3,13-14H2,1H3/b11-5+. The number of benzene rings is 2. The zero-order valence-electron chi connectivity index (χ0n) is 15.9. The van der Waals surface area contributed by atoms with Gasteiger partial charge in [0.2, 0.25) is 0 Å². The van der Waals surface area contributed by atoms with Gasteiger partial charge in [-0.2, -0.15) is 5.26 Å². The molecule has 0 radical (unpaired) electrons. The highest BCUT2D eigenvalue weighted by Gasteiger charge is 2.07. The van der Waals surface area contributed by atoms with Crippen LogP contribution in [0.3, 0.4) is 0 Å². The summed E-state index contributed by atoms with van der Waals surface area (Å²) in [4.78, 5) is 23.8. The van der Waals surface area contributed by atoms with Crippen LogP contribution in [0.1, 0.15) is 28.8 Å². The van der Waals surface area contributed by atoms with Gasteiger partial charge in [0.05, 0.1) is 13.7 Å². The molecule has 0 amide bonds.